The zero-order valence-corrected chi connectivity index (χ0v) is 9.86. The van der Waals surface area contributed by atoms with E-state index in [-0.39, 0.29) is 5.82 Å². The minimum atomic E-state index is -0.622. The molecule has 0 heterocycles. The molecule has 0 unspecified atom stereocenters. The van der Waals surface area contributed by atoms with Crippen LogP contribution in [0.2, 0.25) is 0 Å². The first-order valence-electron chi connectivity index (χ1n) is 5.77. The minimum Gasteiger partial charge on any atom is -0.318 e. The third-order valence-corrected chi connectivity index (χ3v) is 3.19. The smallest absolute Gasteiger partial charge is 0.123 e. The minimum absolute atomic E-state index is 0.248. The van der Waals surface area contributed by atoms with Crippen LogP contribution >= 0.6 is 0 Å². The van der Waals surface area contributed by atoms with Crippen molar-refractivity contribution in [1.82, 2.24) is 0 Å². The van der Waals surface area contributed by atoms with Crippen LogP contribution in [0.4, 0.5) is 4.39 Å². The molecule has 17 heavy (non-hydrogen) atoms. The lowest BCUT2D eigenvalue weighted by molar-refractivity contribution is 0.512. The van der Waals surface area contributed by atoms with Crippen molar-refractivity contribution in [3.63, 3.8) is 0 Å². The van der Waals surface area contributed by atoms with E-state index < -0.39 is 5.54 Å². The van der Waals surface area contributed by atoms with Crippen molar-refractivity contribution in [2.24, 2.45) is 5.73 Å². The van der Waals surface area contributed by atoms with E-state index in [0.29, 0.717) is 0 Å². The molecule has 88 valence electrons. The quantitative estimate of drug-likeness (QED) is 0.857. The van der Waals surface area contributed by atoms with Gasteiger partial charge in [-0.15, -0.1) is 0 Å². The zero-order valence-electron chi connectivity index (χ0n) is 9.86. The van der Waals surface area contributed by atoms with Gasteiger partial charge in [-0.05, 0) is 29.7 Å². The number of rotatable bonds is 3. The van der Waals surface area contributed by atoms with Gasteiger partial charge >= 0.3 is 0 Å². The Hall–Kier alpha value is -1.67. The molecule has 0 fully saturated rings. The van der Waals surface area contributed by atoms with Crippen molar-refractivity contribution in [1.29, 1.82) is 0 Å². The average Bonchev–Trinajstić information content (AvgIpc) is 2.39. The molecule has 0 saturated heterocycles. The highest BCUT2D eigenvalue weighted by Gasteiger charge is 2.27. The van der Waals surface area contributed by atoms with Gasteiger partial charge in [0.15, 0.2) is 0 Å². The molecule has 1 nitrogen and oxygen atoms in total. The maximum Gasteiger partial charge on any atom is 0.123 e. The van der Waals surface area contributed by atoms with Crippen LogP contribution in [0, 0.1) is 5.82 Å². The molecule has 0 amide bonds. The van der Waals surface area contributed by atoms with Gasteiger partial charge in [0.1, 0.15) is 5.82 Å². The summed E-state index contributed by atoms with van der Waals surface area (Å²) < 4.78 is 13.3. The van der Waals surface area contributed by atoms with Gasteiger partial charge in [-0.3, -0.25) is 0 Å². The summed E-state index contributed by atoms with van der Waals surface area (Å²) in [5.41, 5.74) is 7.64. The maximum absolute atomic E-state index is 13.3. The monoisotopic (exact) mass is 229 g/mol. The summed E-state index contributed by atoms with van der Waals surface area (Å²) >= 11 is 0. The summed E-state index contributed by atoms with van der Waals surface area (Å²) in [4.78, 5) is 0. The largest absolute Gasteiger partial charge is 0.318 e. The first-order chi connectivity index (χ1) is 8.16. The highest BCUT2D eigenvalue weighted by atomic mass is 19.1. The van der Waals surface area contributed by atoms with Crippen molar-refractivity contribution >= 4 is 0 Å². The van der Waals surface area contributed by atoms with Gasteiger partial charge in [0, 0.05) is 0 Å². The van der Waals surface area contributed by atoms with Crippen LogP contribution in [0.3, 0.4) is 0 Å². The van der Waals surface area contributed by atoms with Crippen molar-refractivity contribution in [2.75, 3.05) is 0 Å². The first-order valence-corrected chi connectivity index (χ1v) is 5.77. The van der Waals surface area contributed by atoms with Crippen molar-refractivity contribution in [3.05, 3.63) is 71.5 Å². The number of benzene rings is 2. The fraction of sp³-hybridized carbons (Fsp3) is 0.200. The van der Waals surface area contributed by atoms with Gasteiger partial charge in [-0.25, -0.2) is 4.39 Å². The molecule has 0 aliphatic carbocycles. The number of hydrogen-bond acceptors (Lipinski definition) is 1. The Kier molecular flexibility index (Phi) is 3.25. The van der Waals surface area contributed by atoms with E-state index in [0.717, 1.165) is 17.5 Å². The molecule has 0 aliphatic heterocycles. The molecule has 1 atom stereocenters. The Bertz CT molecular complexity index is 495. The number of nitrogens with two attached hydrogens (primary N) is 1. The van der Waals surface area contributed by atoms with Crippen molar-refractivity contribution in [2.45, 2.75) is 18.9 Å². The normalized spacial score (nSPS) is 14.3. The third kappa shape index (κ3) is 2.22. The standard InChI is InChI=1S/C15H16FN/c1-2-15(17,12-7-4-3-5-8-12)13-9-6-10-14(16)11-13/h3-11H,2,17H2,1H3/t15-/m1/s1. The van der Waals surface area contributed by atoms with Gasteiger partial charge in [0.25, 0.3) is 0 Å². The molecule has 0 saturated carbocycles. The fourth-order valence-corrected chi connectivity index (χ4v) is 2.08. The van der Waals surface area contributed by atoms with Crippen molar-refractivity contribution < 1.29 is 4.39 Å². The summed E-state index contributed by atoms with van der Waals surface area (Å²) in [6, 6.07) is 16.3. The molecule has 0 bridgehead atoms. The lowest BCUT2D eigenvalue weighted by Crippen LogP contribution is -2.37. The topological polar surface area (TPSA) is 26.0 Å². The van der Waals surface area contributed by atoms with Crippen LogP contribution < -0.4 is 5.73 Å². The van der Waals surface area contributed by atoms with Crippen LogP contribution in [0.1, 0.15) is 24.5 Å². The summed E-state index contributed by atoms with van der Waals surface area (Å²) in [6.07, 6.45) is 0.723. The maximum atomic E-state index is 13.3. The lowest BCUT2D eigenvalue weighted by Gasteiger charge is -2.29. The van der Waals surface area contributed by atoms with Gasteiger partial charge < -0.3 is 5.73 Å². The Labute approximate surface area is 101 Å². The Morgan fingerprint density at radius 2 is 1.65 bits per heavy atom. The zero-order chi connectivity index (χ0) is 12.3. The van der Waals surface area contributed by atoms with E-state index in [1.807, 2.05) is 43.3 Å². The van der Waals surface area contributed by atoms with E-state index >= 15 is 0 Å². The van der Waals surface area contributed by atoms with Gasteiger partial charge in [0.05, 0.1) is 5.54 Å². The van der Waals surface area contributed by atoms with Crippen LogP contribution in [0.5, 0.6) is 0 Å². The predicted molar refractivity (Wildman–Crippen MR) is 68.1 cm³/mol. The highest BCUT2D eigenvalue weighted by Crippen LogP contribution is 2.30. The van der Waals surface area contributed by atoms with E-state index in [9.17, 15) is 4.39 Å². The van der Waals surface area contributed by atoms with Gasteiger partial charge in [-0.1, -0.05) is 49.4 Å². The van der Waals surface area contributed by atoms with E-state index in [4.69, 9.17) is 5.73 Å². The molecule has 0 radical (unpaired) electrons. The fourth-order valence-electron chi connectivity index (χ4n) is 2.08. The molecule has 2 N–H and O–H groups in total. The van der Waals surface area contributed by atoms with E-state index in [1.54, 1.807) is 6.07 Å². The van der Waals surface area contributed by atoms with Crippen LogP contribution in [-0.2, 0) is 5.54 Å². The molecule has 0 aliphatic rings. The summed E-state index contributed by atoms with van der Waals surface area (Å²) in [7, 11) is 0. The van der Waals surface area contributed by atoms with E-state index in [1.165, 1.54) is 12.1 Å². The van der Waals surface area contributed by atoms with E-state index in [2.05, 4.69) is 0 Å². The molecule has 2 rings (SSSR count). The summed E-state index contributed by atoms with van der Waals surface area (Å²) in [5, 5.41) is 0. The SMILES string of the molecule is CC[C@@](N)(c1ccccc1)c1cccc(F)c1. The van der Waals surface area contributed by atoms with Crippen LogP contribution in [0.15, 0.2) is 54.6 Å². The second-order valence-corrected chi connectivity index (χ2v) is 4.20. The Balaban J connectivity index is 2.52. The average molecular weight is 229 g/mol. The molecule has 2 aromatic carbocycles. The molecular weight excluding hydrogens is 213 g/mol. The molecular formula is C15H16FN. The Morgan fingerprint density at radius 3 is 2.24 bits per heavy atom. The molecule has 0 spiro atoms. The Morgan fingerprint density at radius 1 is 1.00 bits per heavy atom. The molecule has 0 aromatic heterocycles. The van der Waals surface area contributed by atoms with Gasteiger partial charge in [-0.2, -0.15) is 0 Å². The third-order valence-electron chi connectivity index (χ3n) is 3.19. The number of hydrogen-bond donors (Lipinski definition) is 1. The molecule has 2 aromatic rings. The highest BCUT2D eigenvalue weighted by molar-refractivity contribution is 5.37. The predicted octanol–water partition coefficient (Wildman–Crippen LogP) is 3.44. The lowest BCUT2D eigenvalue weighted by atomic mass is 9.82. The summed E-state index contributed by atoms with van der Waals surface area (Å²) in [6.45, 7) is 2.01. The molecule has 2 heteroatoms. The van der Waals surface area contributed by atoms with Crippen molar-refractivity contribution in [3.8, 4) is 0 Å². The number of halogens is 1. The second kappa shape index (κ2) is 4.68. The van der Waals surface area contributed by atoms with Crippen LogP contribution in [0.25, 0.3) is 0 Å². The van der Waals surface area contributed by atoms with Gasteiger partial charge in [0.2, 0.25) is 0 Å². The second-order valence-electron chi connectivity index (χ2n) is 4.20. The first kappa shape index (κ1) is 11.8. The summed E-state index contributed by atoms with van der Waals surface area (Å²) in [5.74, 6) is -0.248. The van der Waals surface area contributed by atoms with Crippen LogP contribution in [-0.4, -0.2) is 0 Å².